The zero-order valence-corrected chi connectivity index (χ0v) is 9.41. The van der Waals surface area contributed by atoms with Gasteiger partial charge in [-0.1, -0.05) is 6.07 Å². The maximum absolute atomic E-state index is 13.4. The lowest BCUT2D eigenvalue weighted by Gasteiger charge is -2.07. The Balaban J connectivity index is 2.40. The number of nitrogens with zero attached hydrogens (tertiary/aromatic N) is 3. The highest BCUT2D eigenvalue weighted by molar-refractivity contribution is 5.55. The topological polar surface area (TPSA) is 61.6 Å². The van der Waals surface area contributed by atoms with Crippen LogP contribution in [0.15, 0.2) is 24.3 Å². The summed E-state index contributed by atoms with van der Waals surface area (Å²) in [6.07, 6.45) is 0. The largest absolute Gasteiger partial charge is 0.319 e. The Morgan fingerprint density at radius 1 is 1.22 bits per heavy atom. The number of hydrogen-bond acceptors (Lipinski definition) is 4. The minimum atomic E-state index is -0.751. The number of aromatic nitrogens is 2. The molecule has 0 unspecified atom stereocenters. The van der Waals surface area contributed by atoms with Gasteiger partial charge < -0.3 is 5.32 Å². The molecule has 1 heterocycles. The zero-order valence-electron chi connectivity index (χ0n) is 9.41. The number of nitriles is 1. The molecule has 0 bridgehead atoms. The molecule has 90 valence electrons. The highest BCUT2D eigenvalue weighted by Gasteiger charge is 2.10. The van der Waals surface area contributed by atoms with Gasteiger partial charge in [0.2, 0.25) is 5.95 Å². The van der Waals surface area contributed by atoms with E-state index in [1.165, 1.54) is 12.1 Å². The van der Waals surface area contributed by atoms with Gasteiger partial charge in [0.1, 0.15) is 29.1 Å². The molecule has 1 aromatic carbocycles. The van der Waals surface area contributed by atoms with Crippen LogP contribution in [-0.4, -0.2) is 9.97 Å². The SMILES string of the molecule is Cc1cc(C#N)nc(Nc2c(F)cccc2F)n1. The van der Waals surface area contributed by atoms with Gasteiger partial charge in [-0.25, -0.2) is 18.7 Å². The van der Waals surface area contributed by atoms with E-state index in [1.807, 2.05) is 6.07 Å². The van der Waals surface area contributed by atoms with E-state index >= 15 is 0 Å². The summed E-state index contributed by atoms with van der Waals surface area (Å²) in [5, 5.41) is 11.2. The first-order chi connectivity index (χ1) is 8.60. The molecular weight excluding hydrogens is 238 g/mol. The number of anilines is 2. The van der Waals surface area contributed by atoms with Gasteiger partial charge in [0.15, 0.2) is 0 Å². The predicted molar refractivity (Wildman–Crippen MR) is 61.1 cm³/mol. The summed E-state index contributed by atoms with van der Waals surface area (Å²) < 4.78 is 26.8. The molecule has 18 heavy (non-hydrogen) atoms. The van der Waals surface area contributed by atoms with Gasteiger partial charge in [0, 0.05) is 5.69 Å². The average molecular weight is 246 g/mol. The zero-order chi connectivity index (χ0) is 13.1. The second kappa shape index (κ2) is 4.75. The van der Waals surface area contributed by atoms with Crippen molar-refractivity contribution in [1.29, 1.82) is 5.26 Å². The molecule has 0 saturated carbocycles. The lowest BCUT2D eigenvalue weighted by atomic mass is 10.3. The molecule has 1 aromatic heterocycles. The van der Waals surface area contributed by atoms with Crippen LogP contribution in [0.25, 0.3) is 0 Å². The highest BCUT2D eigenvalue weighted by Crippen LogP contribution is 2.21. The van der Waals surface area contributed by atoms with Crippen molar-refractivity contribution in [2.75, 3.05) is 5.32 Å². The minimum absolute atomic E-state index is 0.0180. The van der Waals surface area contributed by atoms with Crippen LogP contribution in [0.5, 0.6) is 0 Å². The van der Waals surface area contributed by atoms with E-state index in [9.17, 15) is 8.78 Å². The molecule has 2 aromatic rings. The molecule has 0 aliphatic rings. The maximum atomic E-state index is 13.4. The lowest BCUT2D eigenvalue weighted by molar-refractivity contribution is 0.590. The van der Waals surface area contributed by atoms with Crippen molar-refractivity contribution in [3.05, 3.63) is 47.3 Å². The number of halogens is 2. The van der Waals surface area contributed by atoms with Crippen LogP contribution >= 0.6 is 0 Å². The van der Waals surface area contributed by atoms with Gasteiger partial charge in [-0.3, -0.25) is 0 Å². The molecule has 0 radical (unpaired) electrons. The Bertz CT molecular complexity index is 614. The number of benzene rings is 1. The summed E-state index contributed by atoms with van der Waals surface area (Å²) in [5.41, 5.74) is 0.314. The first kappa shape index (κ1) is 11.9. The number of para-hydroxylation sites is 1. The Morgan fingerprint density at radius 3 is 2.50 bits per heavy atom. The van der Waals surface area contributed by atoms with Crippen molar-refractivity contribution in [2.45, 2.75) is 6.92 Å². The summed E-state index contributed by atoms with van der Waals surface area (Å²) in [4.78, 5) is 7.77. The van der Waals surface area contributed by atoms with E-state index in [0.29, 0.717) is 5.69 Å². The molecule has 1 N–H and O–H groups in total. The van der Waals surface area contributed by atoms with Gasteiger partial charge in [-0.15, -0.1) is 0 Å². The molecule has 0 aliphatic heterocycles. The second-order valence-electron chi connectivity index (χ2n) is 3.55. The number of aryl methyl sites for hydroxylation is 1. The van der Waals surface area contributed by atoms with Crippen molar-refractivity contribution in [1.82, 2.24) is 9.97 Å². The van der Waals surface area contributed by atoms with Crippen molar-refractivity contribution in [2.24, 2.45) is 0 Å². The van der Waals surface area contributed by atoms with Gasteiger partial charge in [0.25, 0.3) is 0 Å². The summed E-state index contributed by atoms with van der Waals surface area (Å²) in [5.74, 6) is -1.52. The fourth-order valence-corrected chi connectivity index (χ4v) is 1.41. The molecule has 0 fully saturated rings. The quantitative estimate of drug-likeness (QED) is 0.884. The molecular formula is C12H8F2N4. The van der Waals surface area contributed by atoms with Gasteiger partial charge >= 0.3 is 0 Å². The van der Waals surface area contributed by atoms with Crippen molar-refractivity contribution < 1.29 is 8.78 Å². The third-order valence-corrected chi connectivity index (χ3v) is 2.17. The van der Waals surface area contributed by atoms with Crippen LogP contribution in [0.2, 0.25) is 0 Å². The summed E-state index contributed by atoms with van der Waals surface area (Å²) >= 11 is 0. The summed E-state index contributed by atoms with van der Waals surface area (Å²) in [6, 6.07) is 6.81. The van der Waals surface area contributed by atoms with Gasteiger partial charge in [0.05, 0.1) is 0 Å². The van der Waals surface area contributed by atoms with Gasteiger partial charge in [-0.2, -0.15) is 5.26 Å². The van der Waals surface area contributed by atoms with E-state index < -0.39 is 11.6 Å². The van der Waals surface area contributed by atoms with Crippen LogP contribution in [0.1, 0.15) is 11.4 Å². The Morgan fingerprint density at radius 2 is 1.89 bits per heavy atom. The van der Waals surface area contributed by atoms with E-state index in [4.69, 9.17) is 5.26 Å². The third-order valence-electron chi connectivity index (χ3n) is 2.17. The average Bonchev–Trinajstić information content (AvgIpc) is 2.33. The molecule has 0 aliphatic carbocycles. The maximum Gasteiger partial charge on any atom is 0.228 e. The first-order valence-corrected chi connectivity index (χ1v) is 5.07. The van der Waals surface area contributed by atoms with Gasteiger partial charge in [-0.05, 0) is 25.1 Å². The molecule has 2 rings (SSSR count). The Labute approximate surface area is 102 Å². The highest BCUT2D eigenvalue weighted by atomic mass is 19.1. The number of hydrogen-bond donors (Lipinski definition) is 1. The van der Waals surface area contributed by atoms with Crippen molar-refractivity contribution >= 4 is 11.6 Å². The normalized spacial score (nSPS) is 9.89. The van der Waals surface area contributed by atoms with E-state index in [-0.39, 0.29) is 17.3 Å². The standard InChI is InChI=1S/C12H8F2N4/c1-7-5-8(6-15)17-12(16-7)18-11-9(13)3-2-4-10(11)14/h2-5H,1H3,(H,16,17,18). The van der Waals surface area contributed by atoms with Crippen LogP contribution in [-0.2, 0) is 0 Å². The van der Waals surface area contributed by atoms with E-state index in [0.717, 1.165) is 12.1 Å². The molecule has 0 saturated heterocycles. The number of nitrogens with one attached hydrogen (secondary N) is 1. The predicted octanol–water partition coefficient (Wildman–Crippen LogP) is 2.68. The van der Waals surface area contributed by atoms with Crippen LogP contribution in [0.4, 0.5) is 20.4 Å². The van der Waals surface area contributed by atoms with Crippen LogP contribution in [0.3, 0.4) is 0 Å². The second-order valence-corrected chi connectivity index (χ2v) is 3.55. The Hall–Kier alpha value is -2.55. The first-order valence-electron chi connectivity index (χ1n) is 5.07. The van der Waals surface area contributed by atoms with Crippen LogP contribution < -0.4 is 5.32 Å². The monoisotopic (exact) mass is 246 g/mol. The summed E-state index contributed by atoms with van der Waals surface area (Å²) in [7, 11) is 0. The lowest BCUT2D eigenvalue weighted by Crippen LogP contribution is -2.03. The van der Waals surface area contributed by atoms with E-state index in [1.54, 1.807) is 6.92 Å². The third kappa shape index (κ3) is 2.40. The summed E-state index contributed by atoms with van der Waals surface area (Å²) in [6.45, 7) is 1.66. The van der Waals surface area contributed by atoms with Crippen LogP contribution in [0, 0.1) is 29.9 Å². The van der Waals surface area contributed by atoms with E-state index in [2.05, 4.69) is 15.3 Å². The Kier molecular flexibility index (Phi) is 3.15. The van der Waals surface area contributed by atoms with Crippen molar-refractivity contribution in [3.8, 4) is 6.07 Å². The molecule has 0 atom stereocenters. The smallest absolute Gasteiger partial charge is 0.228 e. The minimum Gasteiger partial charge on any atom is -0.319 e. The number of rotatable bonds is 2. The molecule has 0 spiro atoms. The molecule has 4 nitrogen and oxygen atoms in total. The fraction of sp³-hybridized carbons (Fsp3) is 0.0833. The molecule has 0 amide bonds. The van der Waals surface area contributed by atoms with Crippen molar-refractivity contribution in [3.63, 3.8) is 0 Å². The molecule has 6 heteroatoms. The fourth-order valence-electron chi connectivity index (χ4n) is 1.41.